The van der Waals surface area contributed by atoms with Crippen LogP contribution in [-0.4, -0.2) is 22.2 Å². The minimum absolute atomic E-state index is 0.291. The van der Waals surface area contributed by atoms with Crippen LogP contribution in [0.5, 0.6) is 5.75 Å². The summed E-state index contributed by atoms with van der Waals surface area (Å²) in [7, 11) is 0. The van der Waals surface area contributed by atoms with Gasteiger partial charge >= 0.3 is 12.1 Å². The van der Waals surface area contributed by atoms with E-state index in [2.05, 4.69) is 0 Å². The number of ether oxygens (including phenoxy) is 2. The lowest BCUT2D eigenvalue weighted by atomic mass is 10.2. The Hall–Kier alpha value is -2.30. The Bertz CT molecular complexity index is 679. The summed E-state index contributed by atoms with van der Waals surface area (Å²) in [5, 5.41) is 0.808. The van der Waals surface area contributed by atoms with Gasteiger partial charge in [-0.15, -0.1) is 0 Å². The summed E-state index contributed by atoms with van der Waals surface area (Å²) in [6.45, 7) is 7.19. The summed E-state index contributed by atoms with van der Waals surface area (Å²) in [5.41, 5.74) is 0.158. The second-order valence-electron chi connectivity index (χ2n) is 5.71. The van der Waals surface area contributed by atoms with E-state index in [1.165, 1.54) is 4.57 Å². The van der Waals surface area contributed by atoms with Crippen LogP contribution in [0, 0.1) is 0 Å². The van der Waals surface area contributed by atoms with Gasteiger partial charge in [-0.3, -0.25) is 9.36 Å². The number of fused-ring (bicyclic) bond motifs is 1. The second-order valence-corrected chi connectivity index (χ2v) is 5.71. The van der Waals surface area contributed by atoms with Gasteiger partial charge in [-0.2, -0.15) is 0 Å². The first-order valence-corrected chi connectivity index (χ1v) is 6.85. The van der Waals surface area contributed by atoms with Crippen molar-refractivity contribution in [3.05, 3.63) is 30.5 Å². The van der Waals surface area contributed by atoms with Crippen molar-refractivity contribution in [1.82, 2.24) is 4.57 Å². The Labute approximate surface area is 123 Å². The van der Waals surface area contributed by atoms with E-state index in [4.69, 9.17) is 9.47 Å². The molecular weight excluding hydrogens is 270 g/mol. The summed E-state index contributed by atoms with van der Waals surface area (Å²) in [6, 6.07) is 6.90. The topological polar surface area (TPSA) is 57.5 Å². The van der Waals surface area contributed by atoms with Gasteiger partial charge in [0, 0.05) is 18.0 Å². The Balaban J connectivity index is 2.29. The Morgan fingerprint density at radius 1 is 1.19 bits per heavy atom. The van der Waals surface area contributed by atoms with Crippen LogP contribution in [0.2, 0.25) is 0 Å². The summed E-state index contributed by atoms with van der Waals surface area (Å²) in [6.07, 6.45) is 1.53. The number of carbonyl (C=O) groups is 2. The molecule has 0 fully saturated rings. The number of benzene rings is 1. The minimum Gasteiger partial charge on any atom is -0.443 e. The molecular formula is C16H19NO4. The Morgan fingerprint density at radius 3 is 2.52 bits per heavy atom. The quantitative estimate of drug-likeness (QED) is 0.624. The van der Waals surface area contributed by atoms with Crippen molar-refractivity contribution in [3.63, 3.8) is 0 Å². The van der Waals surface area contributed by atoms with E-state index in [1.807, 2.05) is 20.8 Å². The lowest BCUT2D eigenvalue weighted by molar-refractivity contribution is -0.134. The monoisotopic (exact) mass is 289 g/mol. The maximum Gasteiger partial charge on any atom is 0.418 e. The molecule has 5 nitrogen and oxygen atoms in total. The molecule has 1 heterocycles. The van der Waals surface area contributed by atoms with E-state index in [0.717, 1.165) is 5.39 Å². The number of nitrogens with zero attached hydrogens (tertiary/aromatic N) is 1. The second kappa shape index (κ2) is 5.60. The van der Waals surface area contributed by atoms with Crippen LogP contribution in [0.15, 0.2) is 30.5 Å². The van der Waals surface area contributed by atoms with Crippen LogP contribution in [0.1, 0.15) is 34.1 Å². The fourth-order valence-corrected chi connectivity index (χ4v) is 1.86. The van der Waals surface area contributed by atoms with Gasteiger partial charge in [0.05, 0.1) is 5.52 Å². The zero-order valence-corrected chi connectivity index (χ0v) is 12.7. The van der Waals surface area contributed by atoms with E-state index in [9.17, 15) is 9.59 Å². The zero-order valence-electron chi connectivity index (χ0n) is 12.7. The number of esters is 1. The average molecular weight is 289 g/mol. The molecule has 0 atom stereocenters. The van der Waals surface area contributed by atoms with Crippen LogP contribution in [0.3, 0.4) is 0 Å². The summed E-state index contributed by atoms with van der Waals surface area (Å²) < 4.78 is 11.9. The number of hydrogen-bond donors (Lipinski definition) is 0. The predicted octanol–water partition coefficient (Wildman–Crippen LogP) is 3.74. The number of rotatable bonds is 2. The zero-order chi connectivity index (χ0) is 15.6. The molecule has 2 aromatic rings. The van der Waals surface area contributed by atoms with Crippen molar-refractivity contribution >= 4 is 23.0 Å². The molecule has 0 spiro atoms. The third kappa shape index (κ3) is 3.62. The van der Waals surface area contributed by atoms with Gasteiger partial charge in [0.25, 0.3) is 0 Å². The van der Waals surface area contributed by atoms with E-state index in [-0.39, 0.29) is 5.97 Å². The SMILES string of the molecule is CCC(=O)Oc1ccc2c(ccn2C(=O)OC(C)(C)C)c1. The Morgan fingerprint density at radius 2 is 1.90 bits per heavy atom. The molecule has 0 amide bonds. The molecule has 0 aliphatic carbocycles. The summed E-state index contributed by atoms with van der Waals surface area (Å²) in [4.78, 5) is 23.4. The fraction of sp³-hybridized carbons (Fsp3) is 0.375. The van der Waals surface area contributed by atoms with Crippen LogP contribution in [0.4, 0.5) is 4.79 Å². The molecule has 0 aliphatic rings. The van der Waals surface area contributed by atoms with Gasteiger partial charge in [0.2, 0.25) is 0 Å². The van der Waals surface area contributed by atoms with Crippen molar-refractivity contribution in [2.24, 2.45) is 0 Å². The van der Waals surface area contributed by atoms with E-state index in [1.54, 1.807) is 37.4 Å². The molecule has 1 aromatic heterocycles. The normalized spacial score (nSPS) is 11.4. The van der Waals surface area contributed by atoms with Gasteiger partial charge in [0.1, 0.15) is 11.4 Å². The molecule has 5 heteroatoms. The van der Waals surface area contributed by atoms with Gasteiger partial charge in [-0.1, -0.05) is 6.92 Å². The third-order valence-corrected chi connectivity index (χ3v) is 2.77. The molecule has 0 saturated carbocycles. The van der Waals surface area contributed by atoms with Crippen LogP contribution in [-0.2, 0) is 9.53 Å². The highest BCUT2D eigenvalue weighted by Crippen LogP contribution is 2.23. The molecule has 0 bridgehead atoms. The van der Waals surface area contributed by atoms with Crippen molar-refractivity contribution in [2.75, 3.05) is 0 Å². The molecule has 0 aliphatic heterocycles. The van der Waals surface area contributed by atoms with Crippen molar-refractivity contribution in [3.8, 4) is 5.75 Å². The third-order valence-electron chi connectivity index (χ3n) is 2.77. The molecule has 1 aromatic carbocycles. The number of hydrogen-bond acceptors (Lipinski definition) is 4. The van der Waals surface area contributed by atoms with Crippen LogP contribution in [0.25, 0.3) is 10.9 Å². The minimum atomic E-state index is -0.551. The first-order valence-electron chi connectivity index (χ1n) is 6.85. The maximum atomic E-state index is 12.1. The molecule has 0 saturated heterocycles. The van der Waals surface area contributed by atoms with E-state index in [0.29, 0.717) is 17.7 Å². The van der Waals surface area contributed by atoms with Crippen molar-refractivity contribution < 1.29 is 19.1 Å². The first kappa shape index (κ1) is 15.1. The molecule has 0 unspecified atom stereocenters. The molecule has 112 valence electrons. The standard InChI is InChI=1S/C16H19NO4/c1-5-14(18)20-12-6-7-13-11(10-12)8-9-17(13)15(19)21-16(2,3)4/h6-10H,5H2,1-4H3. The van der Waals surface area contributed by atoms with Gasteiger partial charge < -0.3 is 9.47 Å². The number of aromatic nitrogens is 1. The van der Waals surface area contributed by atoms with Crippen LogP contribution >= 0.6 is 0 Å². The smallest absolute Gasteiger partial charge is 0.418 e. The van der Waals surface area contributed by atoms with E-state index >= 15 is 0 Å². The Kier molecular flexibility index (Phi) is 4.02. The highest BCUT2D eigenvalue weighted by atomic mass is 16.6. The van der Waals surface area contributed by atoms with Gasteiger partial charge in [-0.25, -0.2) is 4.79 Å². The van der Waals surface area contributed by atoms with Gasteiger partial charge in [-0.05, 0) is 45.0 Å². The van der Waals surface area contributed by atoms with E-state index < -0.39 is 11.7 Å². The average Bonchev–Trinajstić information content (AvgIpc) is 2.79. The fourth-order valence-electron chi connectivity index (χ4n) is 1.86. The summed E-state index contributed by atoms with van der Waals surface area (Å²) in [5.74, 6) is 0.178. The maximum absolute atomic E-state index is 12.1. The lowest BCUT2D eigenvalue weighted by Gasteiger charge is -2.19. The van der Waals surface area contributed by atoms with Crippen molar-refractivity contribution in [2.45, 2.75) is 39.7 Å². The largest absolute Gasteiger partial charge is 0.443 e. The highest BCUT2D eigenvalue weighted by Gasteiger charge is 2.19. The summed E-state index contributed by atoms with van der Waals surface area (Å²) >= 11 is 0. The lowest BCUT2D eigenvalue weighted by Crippen LogP contribution is -2.26. The molecule has 2 rings (SSSR count). The predicted molar refractivity (Wildman–Crippen MR) is 79.5 cm³/mol. The molecule has 21 heavy (non-hydrogen) atoms. The number of carbonyl (C=O) groups excluding carboxylic acids is 2. The van der Waals surface area contributed by atoms with Crippen LogP contribution < -0.4 is 4.74 Å². The molecule has 0 N–H and O–H groups in total. The highest BCUT2D eigenvalue weighted by molar-refractivity contribution is 5.90. The van der Waals surface area contributed by atoms with Gasteiger partial charge in [0.15, 0.2) is 0 Å². The molecule has 0 radical (unpaired) electrons. The van der Waals surface area contributed by atoms with Crippen molar-refractivity contribution in [1.29, 1.82) is 0 Å². The first-order chi connectivity index (χ1) is 9.80.